The van der Waals surface area contributed by atoms with Crippen molar-refractivity contribution in [3.63, 3.8) is 0 Å². The fourth-order valence-electron chi connectivity index (χ4n) is 3.56. The van der Waals surface area contributed by atoms with Crippen molar-refractivity contribution in [2.45, 2.75) is 45.6 Å². The molecule has 0 amide bonds. The van der Waals surface area contributed by atoms with Crippen LogP contribution in [0.1, 0.15) is 50.3 Å². The average Bonchev–Trinajstić information content (AvgIpc) is 2.99. The number of halogens is 1. The maximum absolute atomic E-state index is 11.6. The molecule has 1 saturated heterocycles. The highest BCUT2D eigenvalue weighted by molar-refractivity contribution is 9.10. The van der Waals surface area contributed by atoms with Gasteiger partial charge in [-0.1, -0.05) is 35.8 Å². The van der Waals surface area contributed by atoms with Crippen LogP contribution in [0, 0.1) is 5.92 Å². The summed E-state index contributed by atoms with van der Waals surface area (Å²) in [5.74, 6) is 0.0578. The minimum Gasteiger partial charge on any atom is -0.469 e. The maximum Gasteiger partial charge on any atom is 0.308 e. The van der Waals surface area contributed by atoms with Crippen LogP contribution in [0.15, 0.2) is 22.7 Å². The van der Waals surface area contributed by atoms with Gasteiger partial charge in [0.25, 0.3) is 0 Å². The number of esters is 1. The molecule has 4 heteroatoms. The molecule has 22 heavy (non-hydrogen) atoms. The molecule has 0 saturated carbocycles. The molecule has 122 valence electrons. The second-order valence-electron chi connectivity index (χ2n) is 5.73. The predicted octanol–water partition coefficient (Wildman–Crippen LogP) is 4.35. The maximum atomic E-state index is 11.6. The third kappa shape index (κ3) is 3.72. The molecule has 1 aliphatic heterocycles. The minimum absolute atomic E-state index is 0.0413. The van der Waals surface area contributed by atoms with Crippen LogP contribution in [0.3, 0.4) is 0 Å². The standard InChI is InChI=1S/C16H20BrNO2.C2H6/c1-20-16(19)11-6-8-18(9-7-11)15-5-2-12-10-13(17)3-4-14(12)15;1-2/h3-4,10-11,15H,2,5-9H2,1H3;1-2H3. The molecule has 1 fully saturated rings. The molecule has 3 nitrogen and oxygen atoms in total. The number of likely N-dealkylation sites (tertiary alicyclic amines) is 1. The van der Waals surface area contributed by atoms with Crippen LogP contribution in [-0.2, 0) is 16.0 Å². The van der Waals surface area contributed by atoms with E-state index in [1.807, 2.05) is 13.8 Å². The van der Waals surface area contributed by atoms with Crippen molar-refractivity contribution in [1.29, 1.82) is 0 Å². The number of piperidine rings is 1. The molecule has 1 unspecified atom stereocenters. The fraction of sp³-hybridized carbons (Fsp3) is 0.611. The van der Waals surface area contributed by atoms with Gasteiger partial charge in [0.1, 0.15) is 0 Å². The summed E-state index contributed by atoms with van der Waals surface area (Å²) < 4.78 is 6.03. The van der Waals surface area contributed by atoms with E-state index in [-0.39, 0.29) is 11.9 Å². The van der Waals surface area contributed by atoms with E-state index < -0.39 is 0 Å². The summed E-state index contributed by atoms with van der Waals surface area (Å²) in [6.45, 7) is 6.00. The molecule has 1 aliphatic carbocycles. The average molecular weight is 368 g/mol. The fourth-order valence-corrected chi connectivity index (χ4v) is 3.96. The lowest BCUT2D eigenvalue weighted by Crippen LogP contribution is -2.38. The number of hydrogen-bond acceptors (Lipinski definition) is 3. The topological polar surface area (TPSA) is 29.5 Å². The van der Waals surface area contributed by atoms with Gasteiger partial charge in [0.2, 0.25) is 0 Å². The largest absolute Gasteiger partial charge is 0.469 e. The third-order valence-electron chi connectivity index (χ3n) is 4.66. The molecule has 0 spiro atoms. The van der Waals surface area contributed by atoms with Crippen LogP contribution in [0.4, 0.5) is 0 Å². The Hall–Kier alpha value is -0.870. The van der Waals surface area contributed by atoms with Gasteiger partial charge in [-0.15, -0.1) is 0 Å². The number of nitrogens with zero attached hydrogens (tertiary/aromatic N) is 1. The molecule has 1 aromatic rings. The number of methoxy groups -OCH3 is 1. The van der Waals surface area contributed by atoms with Crippen molar-refractivity contribution < 1.29 is 9.53 Å². The second kappa shape index (κ2) is 8.11. The SMILES string of the molecule is CC.COC(=O)C1CCN(C2CCc3cc(Br)ccc32)CC1. The summed E-state index contributed by atoms with van der Waals surface area (Å²) in [6.07, 6.45) is 4.22. The number of hydrogen-bond donors (Lipinski definition) is 0. The molecule has 0 aromatic heterocycles. The van der Waals surface area contributed by atoms with Gasteiger partial charge in [0.15, 0.2) is 0 Å². The molecular weight excluding hydrogens is 342 g/mol. The first-order valence-electron chi connectivity index (χ1n) is 8.29. The number of rotatable bonds is 2. The summed E-state index contributed by atoms with van der Waals surface area (Å²) in [7, 11) is 1.49. The Kier molecular flexibility index (Phi) is 6.45. The van der Waals surface area contributed by atoms with E-state index in [2.05, 4.69) is 39.0 Å². The molecule has 1 atom stereocenters. The highest BCUT2D eigenvalue weighted by atomic mass is 79.9. The Morgan fingerprint density at radius 3 is 2.55 bits per heavy atom. The van der Waals surface area contributed by atoms with Crippen LogP contribution in [-0.4, -0.2) is 31.1 Å². The number of ether oxygens (including phenoxy) is 1. The molecule has 0 radical (unpaired) electrons. The second-order valence-corrected chi connectivity index (χ2v) is 6.65. The lowest BCUT2D eigenvalue weighted by atomic mass is 9.95. The number of aryl methyl sites for hydroxylation is 1. The first-order chi connectivity index (χ1) is 10.7. The number of benzene rings is 1. The van der Waals surface area contributed by atoms with Gasteiger partial charge in [-0.05, 0) is 62.0 Å². The van der Waals surface area contributed by atoms with E-state index in [9.17, 15) is 4.79 Å². The van der Waals surface area contributed by atoms with Gasteiger partial charge in [0.05, 0.1) is 13.0 Å². The van der Waals surface area contributed by atoms with E-state index in [1.165, 1.54) is 29.1 Å². The van der Waals surface area contributed by atoms with Crippen LogP contribution in [0.25, 0.3) is 0 Å². The van der Waals surface area contributed by atoms with Crippen LogP contribution < -0.4 is 0 Å². The van der Waals surface area contributed by atoms with Crippen molar-refractivity contribution in [3.8, 4) is 0 Å². The van der Waals surface area contributed by atoms with Crippen LogP contribution in [0.5, 0.6) is 0 Å². The summed E-state index contributed by atoms with van der Waals surface area (Å²) >= 11 is 3.55. The van der Waals surface area contributed by atoms with Gasteiger partial charge in [-0.25, -0.2) is 0 Å². The summed E-state index contributed by atoms with van der Waals surface area (Å²) in [5.41, 5.74) is 2.95. The number of fused-ring (bicyclic) bond motifs is 1. The lowest BCUT2D eigenvalue weighted by Gasteiger charge is -2.35. The van der Waals surface area contributed by atoms with Gasteiger partial charge in [-0.3, -0.25) is 9.69 Å². The van der Waals surface area contributed by atoms with E-state index in [4.69, 9.17) is 4.74 Å². The van der Waals surface area contributed by atoms with E-state index in [0.29, 0.717) is 6.04 Å². The minimum atomic E-state index is -0.0413. The van der Waals surface area contributed by atoms with Gasteiger partial charge >= 0.3 is 5.97 Å². The van der Waals surface area contributed by atoms with Crippen molar-refractivity contribution in [2.75, 3.05) is 20.2 Å². The number of carbonyl (C=O) groups excluding carboxylic acids is 1. The first kappa shape index (κ1) is 17.5. The highest BCUT2D eigenvalue weighted by Crippen LogP contribution is 2.38. The monoisotopic (exact) mass is 367 g/mol. The molecule has 2 aliphatic rings. The van der Waals surface area contributed by atoms with E-state index in [0.717, 1.165) is 32.4 Å². The first-order valence-corrected chi connectivity index (χ1v) is 9.08. The van der Waals surface area contributed by atoms with Crippen molar-refractivity contribution >= 4 is 21.9 Å². The Labute approximate surface area is 142 Å². The lowest BCUT2D eigenvalue weighted by molar-refractivity contribution is -0.147. The van der Waals surface area contributed by atoms with Crippen molar-refractivity contribution in [2.24, 2.45) is 5.92 Å². The van der Waals surface area contributed by atoms with Gasteiger partial charge in [0, 0.05) is 10.5 Å². The molecule has 3 rings (SSSR count). The van der Waals surface area contributed by atoms with Crippen LogP contribution in [0.2, 0.25) is 0 Å². The molecule has 0 N–H and O–H groups in total. The predicted molar refractivity (Wildman–Crippen MR) is 92.9 cm³/mol. The molecule has 1 heterocycles. The summed E-state index contributed by atoms with van der Waals surface area (Å²) in [5, 5.41) is 0. The smallest absolute Gasteiger partial charge is 0.308 e. The molecule has 1 aromatic carbocycles. The summed E-state index contributed by atoms with van der Waals surface area (Å²) in [6, 6.07) is 7.18. The van der Waals surface area contributed by atoms with Gasteiger partial charge < -0.3 is 4.74 Å². The third-order valence-corrected chi connectivity index (χ3v) is 5.15. The van der Waals surface area contributed by atoms with Crippen molar-refractivity contribution in [3.05, 3.63) is 33.8 Å². The zero-order valence-corrected chi connectivity index (χ0v) is 15.4. The highest BCUT2D eigenvalue weighted by Gasteiger charge is 2.32. The molecular formula is C18H26BrNO2. The van der Waals surface area contributed by atoms with Crippen molar-refractivity contribution in [1.82, 2.24) is 4.90 Å². The Bertz CT molecular complexity index is 510. The normalized spacial score (nSPS) is 21.7. The zero-order chi connectivity index (χ0) is 16.1. The van der Waals surface area contributed by atoms with Gasteiger partial charge in [-0.2, -0.15) is 0 Å². The van der Waals surface area contributed by atoms with E-state index in [1.54, 1.807) is 0 Å². The Balaban J connectivity index is 0.000000847. The van der Waals surface area contributed by atoms with E-state index >= 15 is 0 Å². The Morgan fingerprint density at radius 2 is 1.91 bits per heavy atom. The quantitative estimate of drug-likeness (QED) is 0.727. The number of carbonyl (C=O) groups is 1. The summed E-state index contributed by atoms with van der Waals surface area (Å²) in [4.78, 5) is 14.1. The molecule has 0 bridgehead atoms. The zero-order valence-electron chi connectivity index (χ0n) is 13.8. The Morgan fingerprint density at radius 1 is 1.23 bits per heavy atom. The van der Waals surface area contributed by atoms with Crippen LogP contribution >= 0.6 is 15.9 Å².